The Kier molecular flexibility index (Phi) is 4.53. The number of aryl methyl sites for hydroxylation is 1. The summed E-state index contributed by atoms with van der Waals surface area (Å²) >= 11 is 0. The normalized spacial score (nSPS) is 21.1. The van der Waals surface area contributed by atoms with Crippen molar-refractivity contribution in [2.75, 3.05) is 19.6 Å². The molecule has 126 valence electrons. The number of halogens is 1. The lowest BCUT2D eigenvalue weighted by Crippen LogP contribution is -2.48. The van der Waals surface area contributed by atoms with Crippen molar-refractivity contribution in [3.05, 3.63) is 34.2 Å². The second-order valence-corrected chi connectivity index (χ2v) is 6.90. The van der Waals surface area contributed by atoms with E-state index in [-0.39, 0.29) is 23.9 Å². The molecule has 1 aliphatic heterocycles. The lowest BCUT2D eigenvalue weighted by Gasteiger charge is -2.36. The molecule has 0 unspecified atom stereocenters. The number of likely N-dealkylation sites (tertiary alicyclic amines) is 1. The summed E-state index contributed by atoms with van der Waals surface area (Å²) in [5, 5.41) is 2.76. The van der Waals surface area contributed by atoms with E-state index in [1.807, 2.05) is 6.07 Å². The molecule has 0 aromatic carbocycles. The highest BCUT2D eigenvalue weighted by Crippen LogP contribution is 2.30. The molecule has 0 radical (unpaired) electrons. The molecule has 5 nitrogen and oxygen atoms in total. The van der Waals surface area contributed by atoms with E-state index in [9.17, 15) is 14.0 Å². The largest absolute Gasteiger partial charge is 0.353 e. The zero-order valence-corrected chi connectivity index (χ0v) is 13.6. The van der Waals surface area contributed by atoms with Crippen LogP contribution in [0.3, 0.4) is 0 Å². The first kappa shape index (κ1) is 16.2. The number of amides is 1. The molecule has 1 saturated carbocycles. The minimum atomic E-state index is -1.30. The smallest absolute Gasteiger partial charge is 0.250 e. The minimum absolute atomic E-state index is 0.00425. The molecule has 1 aromatic heterocycles. The molecule has 1 aliphatic carbocycles. The molecule has 1 N–H and O–H groups in total. The first-order valence-electron chi connectivity index (χ1n) is 8.30. The Labute approximate surface area is 135 Å². The topological polar surface area (TPSA) is 54.3 Å². The highest BCUT2D eigenvalue weighted by atomic mass is 19.1. The fourth-order valence-electron chi connectivity index (χ4n) is 2.97. The van der Waals surface area contributed by atoms with Crippen molar-refractivity contribution < 1.29 is 9.18 Å². The quantitative estimate of drug-likeness (QED) is 0.887. The average molecular weight is 321 g/mol. The first-order valence-corrected chi connectivity index (χ1v) is 8.30. The van der Waals surface area contributed by atoms with Gasteiger partial charge in [0, 0.05) is 44.9 Å². The molecule has 23 heavy (non-hydrogen) atoms. The van der Waals surface area contributed by atoms with Crippen molar-refractivity contribution in [2.24, 2.45) is 13.0 Å². The van der Waals surface area contributed by atoms with Gasteiger partial charge in [-0.05, 0) is 37.3 Å². The number of carbonyl (C=O) groups excluding carboxylic acids is 1. The highest BCUT2D eigenvalue weighted by Gasteiger charge is 2.36. The molecule has 0 atom stereocenters. The van der Waals surface area contributed by atoms with Gasteiger partial charge in [0.15, 0.2) is 0 Å². The van der Waals surface area contributed by atoms with Gasteiger partial charge in [0.25, 0.3) is 5.56 Å². The summed E-state index contributed by atoms with van der Waals surface area (Å²) in [4.78, 5) is 25.4. The van der Waals surface area contributed by atoms with Crippen molar-refractivity contribution in [3.8, 4) is 0 Å². The third-order valence-electron chi connectivity index (χ3n) is 4.85. The van der Waals surface area contributed by atoms with Crippen LogP contribution in [0.25, 0.3) is 0 Å². The summed E-state index contributed by atoms with van der Waals surface area (Å²) in [6, 6.07) is 3.56. The van der Waals surface area contributed by atoms with E-state index in [1.165, 1.54) is 4.57 Å². The summed E-state index contributed by atoms with van der Waals surface area (Å²) in [5.41, 5.74) is -0.364. The Morgan fingerprint density at radius 3 is 2.70 bits per heavy atom. The summed E-state index contributed by atoms with van der Waals surface area (Å²) in [6.07, 6.45) is 4.48. The standard InChI is InChI=1S/C17H24FN3O2/c1-20-7-4-13(10-15(20)22)11-21-8-5-17(18,6-9-21)12-19-16(23)14-2-3-14/h4,7,10,14H,2-3,5-6,8-9,11-12H2,1H3,(H,19,23). The van der Waals surface area contributed by atoms with Crippen LogP contribution in [0.4, 0.5) is 4.39 Å². The van der Waals surface area contributed by atoms with Crippen molar-refractivity contribution in [1.29, 1.82) is 0 Å². The molecule has 3 rings (SSSR count). The predicted octanol–water partition coefficient (Wildman–Crippen LogP) is 1.22. The Bertz CT molecular complexity index is 631. The molecule has 2 heterocycles. The number of carbonyl (C=O) groups is 1. The maximum Gasteiger partial charge on any atom is 0.250 e. The number of rotatable bonds is 5. The Balaban J connectivity index is 1.48. The fourth-order valence-corrected chi connectivity index (χ4v) is 2.97. The number of aromatic nitrogens is 1. The van der Waals surface area contributed by atoms with E-state index in [0.29, 0.717) is 32.5 Å². The lowest BCUT2D eigenvalue weighted by molar-refractivity contribution is -0.123. The van der Waals surface area contributed by atoms with Crippen LogP contribution in [0.15, 0.2) is 23.1 Å². The number of pyridine rings is 1. The molecular formula is C17H24FN3O2. The van der Waals surface area contributed by atoms with Crippen molar-refractivity contribution in [3.63, 3.8) is 0 Å². The van der Waals surface area contributed by atoms with Gasteiger partial charge >= 0.3 is 0 Å². The van der Waals surface area contributed by atoms with Crippen molar-refractivity contribution >= 4 is 5.91 Å². The van der Waals surface area contributed by atoms with Crippen LogP contribution in [0.1, 0.15) is 31.2 Å². The summed E-state index contributed by atoms with van der Waals surface area (Å²) in [7, 11) is 1.72. The lowest BCUT2D eigenvalue weighted by atomic mass is 9.93. The molecule has 0 spiro atoms. The number of nitrogens with zero attached hydrogens (tertiary/aromatic N) is 2. The molecule has 6 heteroatoms. The molecule has 1 amide bonds. The van der Waals surface area contributed by atoms with Gasteiger partial charge in [-0.3, -0.25) is 14.5 Å². The maximum absolute atomic E-state index is 14.8. The number of hydrogen-bond acceptors (Lipinski definition) is 3. The highest BCUT2D eigenvalue weighted by molar-refractivity contribution is 5.80. The monoisotopic (exact) mass is 321 g/mol. The molecule has 1 aromatic rings. The summed E-state index contributed by atoms with van der Waals surface area (Å²) < 4.78 is 16.3. The number of piperidine rings is 1. The van der Waals surface area contributed by atoms with Crippen LogP contribution >= 0.6 is 0 Å². The Hall–Kier alpha value is -1.69. The van der Waals surface area contributed by atoms with Crippen LogP contribution in [-0.2, 0) is 18.4 Å². The van der Waals surface area contributed by atoms with Gasteiger partial charge in [0.2, 0.25) is 5.91 Å². The predicted molar refractivity (Wildman–Crippen MR) is 85.8 cm³/mol. The van der Waals surface area contributed by atoms with E-state index < -0.39 is 5.67 Å². The molecule has 1 saturated heterocycles. The maximum atomic E-state index is 14.8. The number of hydrogen-bond donors (Lipinski definition) is 1. The molecule has 2 fully saturated rings. The van der Waals surface area contributed by atoms with Gasteiger partial charge in [-0.25, -0.2) is 4.39 Å². The van der Waals surface area contributed by atoms with Crippen molar-refractivity contribution in [2.45, 2.75) is 37.9 Å². The first-order chi connectivity index (χ1) is 11.0. The fraction of sp³-hybridized carbons (Fsp3) is 0.647. The van der Waals surface area contributed by atoms with E-state index in [4.69, 9.17) is 0 Å². The van der Waals surface area contributed by atoms with Gasteiger partial charge in [-0.1, -0.05) is 0 Å². The van der Waals surface area contributed by atoms with Crippen LogP contribution in [0.2, 0.25) is 0 Å². The zero-order chi connectivity index (χ0) is 16.4. The van der Waals surface area contributed by atoms with Gasteiger partial charge in [0.1, 0.15) is 5.67 Å². The van der Waals surface area contributed by atoms with E-state index in [2.05, 4.69) is 10.2 Å². The van der Waals surface area contributed by atoms with E-state index >= 15 is 0 Å². The zero-order valence-electron chi connectivity index (χ0n) is 13.6. The summed E-state index contributed by atoms with van der Waals surface area (Å²) in [6.45, 7) is 2.08. The SMILES string of the molecule is Cn1ccc(CN2CCC(F)(CNC(=O)C3CC3)CC2)cc1=O. The number of alkyl halides is 1. The van der Waals surface area contributed by atoms with Crippen LogP contribution in [-0.4, -0.2) is 40.7 Å². The van der Waals surface area contributed by atoms with Gasteiger partial charge in [-0.15, -0.1) is 0 Å². The van der Waals surface area contributed by atoms with E-state index in [1.54, 1.807) is 19.3 Å². The minimum Gasteiger partial charge on any atom is -0.353 e. The third-order valence-corrected chi connectivity index (χ3v) is 4.85. The molecule has 0 bridgehead atoms. The molecule has 2 aliphatic rings. The van der Waals surface area contributed by atoms with Gasteiger partial charge in [-0.2, -0.15) is 0 Å². The Morgan fingerprint density at radius 2 is 2.09 bits per heavy atom. The second kappa shape index (κ2) is 6.43. The van der Waals surface area contributed by atoms with Crippen LogP contribution < -0.4 is 10.9 Å². The van der Waals surface area contributed by atoms with Crippen LogP contribution in [0, 0.1) is 5.92 Å². The third kappa shape index (κ3) is 4.19. The number of nitrogens with one attached hydrogen (secondary N) is 1. The van der Waals surface area contributed by atoms with E-state index in [0.717, 1.165) is 18.4 Å². The molecular weight excluding hydrogens is 297 g/mol. The van der Waals surface area contributed by atoms with Crippen molar-refractivity contribution in [1.82, 2.24) is 14.8 Å². The van der Waals surface area contributed by atoms with Gasteiger partial charge < -0.3 is 9.88 Å². The second-order valence-electron chi connectivity index (χ2n) is 6.90. The van der Waals surface area contributed by atoms with Gasteiger partial charge in [0.05, 0.1) is 6.54 Å². The Morgan fingerprint density at radius 1 is 1.39 bits per heavy atom. The van der Waals surface area contributed by atoms with Crippen LogP contribution in [0.5, 0.6) is 0 Å². The summed E-state index contributed by atoms with van der Waals surface area (Å²) in [5.74, 6) is 0.129. The average Bonchev–Trinajstić information content (AvgIpc) is 3.36.